The SMILES string of the molecule is CCCCC/C=C\C/C=C\C/C=C\CCCCCCCCC(=O)OC(COCCCCCCCCCCC/C=C\C/C=C\C/C=C\CCCCCCC)COC1OC(COC2OC(CO)C(O)C(O)C2O)C(O)C(O)C1O. The Morgan fingerprint density at radius 2 is 0.805 bits per heavy atom. The van der Waals surface area contributed by atoms with E-state index in [0.29, 0.717) is 13.0 Å². The molecule has 2 saturated heterocycles. The molecule has 446 valence electrons. The van der Waals surface area contributed by atoms with E-state index < -0.39 is 86.7 Å². The fraction of sp³-hybridized carbons (Fsp3) is 0.794. The maximum absolute atomic E-state index is 13.1. The third kappa shape index (κ3) is 35.7. The predicted molar refractivity (Wildman–Crippen MR) is 307 cm³/mol. The molecule has 2 heterocycles. The third-order valence-corrected chi connectivity index (χ3v) is 14.2. The summed E-state index contributed by atoms with van der Waals surface area (Å²) in [6, 6.07) is 0. The van der Waals surface area contributed by atoms with Crippen molar-refractivity contribution in [3.63, 3.8) is 0 Å². The summed E-state index contributed by atoms with van der Waals surface area (Å²) in [5.41, 5.74) is 0. The number of hydrogen-bond donors (Lipinski definition) is 7. The quantitative estimate of drug-likeness (QED) is 0.0172. The maximum Gasteiger partial charge on any atom is 0.306 e. The monoisotopic (exact) mass is 1090 g/mol. The molecular weight excluding hydrogens is 981 g/mol. The summed E-state index contributed by atoms with van der Waals surface area (Å²) < 4.78 is 34.4. The highest BCUT2D eigenvalue weighted by molar-refractivity contribution is 5.69. The fourth-order valence-electron chi connectivity index (χ4n) is 9.24. The van der Waals surface area contributed by atoms with Gasteiger partial charge in [0, 0.05) is 13.0 Å². The van der Waals surface area contributed by atoms with Gasteiger partial charge in [0.2, 0.25) is 0 Å². The Morgan fingerprint density at radius 3 is 1.29 bits per heavy atom. The van der Waals surface area contributed by atoms with Crippen LogP contribution >= 0.6 is 0 Å². The van der Waals surface area contributed by atoms with E-state index in [1.54, 1.807) is 0 Å². The van der Waals surface area contributed by atoms with Crippen molar-refractivity contribution < 1.29 is 69.0 Å². The van der Waals surface area contributed by atoms with Crippen LogP contribution in [0, 0.1) is 0 Å². The van der Waals surface area contributed by atoms with Crippen LogP contribution in [0.2, 0.25) is 0 Å². The minimum atomic E-state index is -1.71. The minimum absolute atomic E-state index is 0.0491. The molecule has 14 heteroatoms. The molecule has 0 bridgehead atoms. The number of ether oxygens (including phenoxy) is 6. The Balaban J connectivity index is 1.71. The van der Waals surface area contributed by atoms with Crippen LogP contribution in [0.4, 0.5) is 0 Å². The van der Waals surface area contributed by atoms with Gasteiger partial charge < -0.3 is 64.2 Å². The summed E-state index contributed by atoms with van der Waals surface area (Å²) in [4.78, 5) is 13.1. The molecule has 0 saturated carbocycles. The van der Waals surface area contributed by atoms with Gasteiger partial charge in [0.05, 0.1) is 26.4 Å². The second kappa shape index (κ2) is 49.3. The predicted octanol–water partition coefficient (Wildman–Crippen LogP) is 11.4. The van der Waals surface area contributed by atoms with Gasteiger partial charge in [-0.05, 0) is 89.9 Å². The zero-order chi connectivity index (χ0) is 55.8. The lowest BCUT2D eigenvalue weighted by Crippen LogP contribution is -2.61. The summed E-state index contributed by atoms with van der Waals surface area (Å²) in [6.45, 7) is 3.63. The molecule has 11 atom stereocenters. The van der Waals surface area contributed by atoms with Crippen molar-refractivity contribution in [3.8, 4) is 0 Å². The second-order valence-electron chi connectivity index (χ2n) is 21.2. The Labute approximate surface area is 466 Å². The minimum Gasteiger partial charge on any atom is -0.457 e. The highest BCUT2D eigenvalue weighted by Gasteiger charge is 2.47. The van der Waals surface area contributed by atoms with E-state index in [9.17, 15) is 40.5 Å². The fourth-order valence-corrected chi connectivity index (χ4v) is 9.24. The first kappa shape index (κ1) is 70.5. The van der Waals surface area contributed by atoms with Gasteiger partial charge in [0.15, 0.2) is 12.6 Å². The molecule has 7 N–H and O–H groups in total. The number of allylic oxidation sites excluding steroid dienone is 12. The van der Waals surface area contributed by atoms with E-state index in [-0.39, 0.29) is 19.6 Å². The van der Waals surface area contributed by atoms with Gasteiger partial charge in [0.25, 0.3) is 0 Å². The Bertz CT molecular complexity index is 1550. The lowest BCUT2D eigenvalue weighted by atomic mass is 9.98. The molecule has 2 aliphatic rings. The molecule has 14 nitrogen and oxygen atoms in total. The molecule has 0 spiro atoms. The molecule has 0 aromatic rings. The number of carbonyl (C=O) groups excluding carboxylic acids is 1. The van der Waals surface area contributed by atoms with Crippen molar-refractivity contribution in [2.24, 2.45) is 0 Å². The van der Waals surface area contributed by atoms with Gasteiger partial charge in [0.1, 0.15) is 54.9 Å². The van der Waals surface area contributed by atoms with Crippen molar-refractivity contribution in [1.29, 1.82) is 0 Å². The third-order valence-electron chi connectivity index (χ3n) is 14.2. The first-order chi connectivity index (χ1) is 37.6. The molecule has 2 fully saturated rings. The van der Waals surface area contributed by atoms with Crippen molar-refractivity contribution in [1.82, 2.24) is 0 Å². The van der Waals surface area contributed by atoms with Crippen LogP contribution in [0.25, 0.3) is 0 Å². The second-order valence-corrected chi connectivity index (χ2v) is 21.2. The summed E-state index contributed by atoms with van der Waals surface area (Å²) in [7, 11) is 0. The molecule has 0 aliphatic carbocycles. The van der Waals surface area contributed by atoms with Crippen LogP contribution in [0.15, 0.2) is 72.9 Å². The van der Waals surface area contributed by atoms with E-state index >= 15 is 0 Å². The van der Waals surface area contributed by atoms with Gasteiger partial charge in [-0.2, -0.15) is 0 Å². The Kier molecular flexibility index (Phi) is 45.1. The Morgan fingerprint density at radius 1 is 0.429 bits per heavy atom. The molecule has 77 heavy (non-hydrogen) atoms. The summed E-state index contributed by atoms with van der Waals surface area (Å²) in [6.07, 6.45) is 46.7. The number of carbonyl (C=O) groups is 1. The average molecular weight is 1090 g/mol. The highest BCUT2D eigenvalue weighted by Crippen LogP contribution is 2.27. The standard InChI is InChI=1S/C63H110O14/c1-3-5-7-9-11-13-15-17-19-21-23-24-25-26-27-29-31-33-35-37-39-41-43-45-47-72-49-52(75-55(65)46-44-42-40-38-36-34-32-30-28-22-20-18-16-14-12-10-8-6-4-2)50-73-62-61(71)59(69)57(67)54(77-62)51-74-63-60(70)58(68)56(66)53(48-64)76-63/h12,14-15,17-18,20-21,23,25-26,28,30,52-54,56-64,66-71H,3-11,13,16,19,22,24,27,29,31-51H2,1-2H3/b14-12-,17-15-,20-18-,23-21-,26-25-,30-28-. The van der Waals surface area contributed by atoms with Gasteiger partial charge in [-0.25, -0.2) is 0 Å². The molecule has 0 amide bonds. The molecule has 0 aromatic heterocycles. The van der Waals surface area contributed by atoms with E-state index in [1.165, 1.54) is 103 Å². The van der Waals surface area contributed by atoms with Gasteiger partial charge in [-0.1, -0.05) is 196 Å². The van der Waals surface area contributed by atoms with Crippen molar-refractivity contribution >= 4 is 5.97 Å². The lowest BCUT2D eigenvalue weighted by molar-refractivity contribution is -0.332. The van der Waals surface area contributed by atoms with Gasteiger partial charge >= 0.3 is 5.97 Å². The number of hydrogen-bond acceptors (Lipinski definition) is 14. The normalized spacial score (nSPS) is 24.8. The first-order valence-electron chi connectivity index (χ1n) is 30.5. The molecular formula is C63H110O14. The number of esters is 1. The molecule has 2 rings (SSSR count). The van der Waals surface area contributed by atoms with Crippen LogP contribution < -0.4 is 0 Å². The van der Waals surface area contributed by atoms with Crippen LogP contribution in [-0.2, 0) is 33.2 Å². The highest BCUT2D eigenvalue weighted by atomic mass is 16.7. The van der Waals surface area contributed by atoms with Crippen LogP contribution in [0.3, 0.4) is 0 Å². The summed E-state index contributed by atoms with van der Waals surface area (Å²) >= 11 is 0. The topological polar surface area (TPSA) is 214 Å². The van der Waals surface area contributed by atoms with Crippen molar-refractivity contribution in [2.75, 3.05) is 33.0 Å². The zero-order valence-electron chi connectivity index (χ0n) is 47.9. The van der Waals surface area contributed by atoms with E-state index in [4.69, 9.17) is 28.4 Å². The molecule has 11 unspecified atom stereocenters. The van der Waals surface area contributed by atoms with Gasteiger partial charge in [-0.15, -0.1) is 0 Å². The zero-order valence-corrected chi connectivity index (χ0v) is 47.9. The van der Waals surface area contributed by atoms with E-state index in [0.717, 1.165) is 89.9 Å². The lowest BCUT2D eigenvalue weighted by Gasteiger charge is -2.42. The van der Waals surface area contributed by atoms with Crippen LogP contribution in [0.5, 0.6) is 0 Å². The van der Waals surface area contributed by atoms with Crippen molar-refractivity contribution in [2.45, 2.75) is 287 Å². The van der Waals surface area contributed by atoms with Crippen molar-refractivity contribution in [3.05, 3.63) is 72.9 Å². The Hall–Kier alpha value is -2.57. The van der Waals surface area contributed by atoms with Crippen LogP contribution in [-0.4, -0.2) is 142 Å². The number of aliphatic hydroxyl groups is 7. The van der Waals surface area contributed by atoms with Gasteiger partial charge in [-0.3, -0.25) is 4.79 Å². The number of rotatable bonds is 49. The maximum atomic E-state index is 13.1. The first-order valence-corrected chi connectivity index (χ1v) is 30.5. The summed E-state index contributed by atoms with van der Waals surface area (Å²) in [5.74, 6) is -0.391. The van der Waals surface area contributed by atoms with E-state index in [2.05, 4.69) is 86.8 Å². The van der Waals surface area contributed by atoms with E-state index in [1.807, 2.05) is 0 Å². The largest absolute Gasteiger partial charge is 0.457 e. The average Bonchev–Trinajstić information content (AvgIpc) is 3.43. The smallest absolute Gasteiger partial charge is 0.306 e. The number of aliphatic hydroxyl groups excluding tert-OH is 7. The molecule has 0 radical (unpaired) electrons. The summed E-state index contributed by atoms with van der Waals surface area (Å²) in [5, 5.41) is 72.4. The molecule has 0 aromatic carbocycles. The molecule has 2 aliphatic heterocycles. The van der Waals surface area contributed by atoms with Crippen LogP contribution in [0.1, 0.15) is 219 Å². The number of unbranched alkanes of at least 4 members (excludes halogenated alkanes) is 23.